The van der Waals surface area contributed by atoms with Gasteiger partial charge in [-0.1, -0.05) is 54.6 Å². The monoisotopic (exact) mass is 334 g/mol. The molecule has 120 valence electrons. The molecule has 0 aromatic heterocycles. The summed E-state index contributed by atoms with van der Waals surface area (Å²) in [5.74, 6) is 0.882. The maximum absolute atomic E-state index is 12.1. The summed E-state index contributed by atoms with van der Waals surface area (Å²) in [5, 5.41) is 0.455. The van der Waals surface area contributed by atoms with Gasteiger partial charge >= 0.3 is 0 Å². The molecule has 0 spiro atoms. The van der Waals surface area contributed by atoms with Crippen LogP contribution in [0.4, 0.5) is 0 Å². The highest BCUT2D eigenvalue weighted by atomic mass is 32.4. The lowest BCUT2D eigenvalue weighted by atomic mass is 10.2. The zero-order valence-corrected chi connectivity index (χ0v) is 18.0. The molecule has 0 radical (unpaired) electrons. The lowest BCUT2D eigenvalue weighted by molar-refractivity contribution is -0.135. The molecule has 0 aliphatic rings. The minimum Gasteiger partial charge on any atom is -0.519 e. The zero-order valence-electron chi connectivity index (χ0n) is 15.1. The second-order valence-electron chi connectivity index (χ2n) is 8.59. The van der Waals surface area contributed by atoms with E-state index in [1.807, 2.05) is 11.2 Å². The molecule has 0 heterocycles. The van der Waals surface area contributed by atoms with Crippen molar-refractivity contribution in [2.24, 2.45) is 0 Å². The molecule has 0 aliphatic carbocycles. The average molecular weight is 335 g/mol. The normalized spacial score (nSPS) is 14.3. The van der Waals surface area contributed by atoms with E-state index in [4.69, 9.17) is 4.43 Å². The maximum Gasteiger partial charge on any atom is 0.293 e. The zero-order chi connectivity index (χ0) is 16.4. The summed E-state index contributed by atoms with van der Waals surface area (Å²) in [4.78, 5) is 12.1. The van der Waals surface area contributed by atoms with E-state index in [0.717, 1.165) is 5.75 Å². The van der Waals surface area contributed by atoms with Gasteiger partial charge in [0.05, 0.1) is 6.42 Å². The molecule has 5 heteroatoms. The molecule has 0 aromatic rings. The van der Waals surface area contributed by atoms with Crippen molar-refractivity contribution >= 4 is 32.7 Å². The summed E-state index contributed by atoms with van der Waals surface area (Å²) in [6.45, 7) is 22.4. The SMILES string of the molecule is CC(C)(C)[Si](C)(C)OC(=O)CCS[Si](C)(C)C(C)(C)C. The first-order chi connectivity index (χ1) is 8.60. The second kappa shape index (κ2) is 6.57. The number of hydrogen-bond acceptors (Lipinski definition) is 3. The van der Waals surface area contributed by atoms with Crippen LogP contribution in [-0.4, -0.2) is 27.3 Å². The summed E-state index contributed by atoms with van der Waals surface area (Å²) < 4.78 is 5.80. The second-order valence-corrected chi connectivity index (χ2v) is 22.5. The third kappa shape index (κ3) is 5.94. The Labute approximate surface area is 132 Å². The Morgan fingerprint density at radius 1 is 0.950 bits per heavy atom. The molecule has 0 N–H and O–H groups in total. The molecule has 0 atom stereocenters. The molecule has 0 amide bonds. The minimum atomic E-state index is -1.95. The van der Waals surface area contributed by atoms with Gasteiger partial charge in [0, 0.05) is 0 Å². The Morgan fingerprint density at radius 2 is 1.40 bits per heavy atom. The number of carbonyl (C=O) groups is 1. The lowest BCUT2D eigenvalue weighted by Gasteiger charge is -2.37. The van der Waals surface area contributed by atoms with Gasteiger partial charge in [-0.25, -0.2) is 0 Å². The molecule has 0 aromatic carbocycles. The standard InChI is InChI=1S/C15H34O2SSi2/c1-14(2,3)19(7,8)17-13(16)11-12-18-20(9,10)15(4,5)6/h11-12H2,1-10H3. The van der Waals surface area contributed by atoms with Crippen molar-refractivity contribution < 1.29 is 9.22 Å². The van der Waals surface area contributed by atoms with Crippen LogP contribution < -0.4 is 0 Å². The predicted octanol–water partition coefficient (Wildman–Crippen LogP) is 5.66. The van der Waals surface area contributed by atoms with Gasteiger partial charge in [0.2, 0.25) is 0 Å². The van der Waals surface area contributed by atoms with Crippen molar-refractivity contribution in [1.29, 1.82) is 0 Å². The van der Waals surface area contributed by atoms with Crippen molar-refractivity contribution in [2.45, 2.75) is 84.2 Å². The predicted molar refractivity (Wildman–Crippen MR) is 97.6 cm³/mol. The van der Waals surface area contributed by atoms with Crippen LogP contribution in [0.5, 0.6) is 0 Å². The van der Waals surface area contributed by atoms with E-state index in [-0.39, 0.29) is 11.0 Å². The summed E-state index contributed by atoms with van der Waals surface area (Å²) >= 11 is 2.00. The van der Waals surface area contributed by atoms with Gasteiger partial charge in [-0.15, -0.1) is 0 Å². The quantitative estimate of drug-likeness (QED) is 0.606. The van der Waals surface area contributed by atoms with Crippen LogP contribution in [0.1, 0.15) is 48.0 Å². The van der Waals surface area contributed by atoms with Gasteiger partial charge in [0.15, 0.2) is 0 Å². The smallest absolute Gasteiger partial charge is 0.293 e. The summed E-state index contributed by atoms with van der Waals surface area (Å²) in [6, 6.07) is 0. The third-order valence-electron chi connectivity index (χ3n) is 4.75. The molecule has 0 fully saturated rings. The summed E-state index contributed by atoms with van der Waals surface area (Å²) in [5.41, 5.74) is 0. The van der Waals surface area contributed by atoms with Gasteiger partial charge in [-0.2, -0.15) is 11.2 Å². The van der Waals surface area contributed by atoms with Crippen molar-refractivity contribution in [3.05, 3.63) is 0 Å². The highest BCUT2D eigenvalue weighted by molar-refractivity contribution is 8.29. The van der Waals surface area contributed by atoms with E-state index >= 15 is 0 Å². The first kappa shape index (κ1) is 20.3. The molecule has 2 nitrogen and oxygen atoms in total. The Bertz CT molecular complexity index is 339. The molecule has 0 unspecified atom stereocenters. The van der Waals surface area contributed by atoms with E-state index in [1.54, 1.807) is 0 Å². The van der Waals surface area contributed by atoms with E-state index in [9.17, 15) is 4.79 Å². The number of carbonyl (C=O) groups excluding carboxylic acids is 1. The highest BCUT2D eigenvalue weighted by Crippen LogP contribution is 2.43. The Hall–Kier alpha value is 0.254. The van der Waals surface area contributed by atoms with Crippen molar-refractivity contribution in [3.63, 3.8) is 0 Å². The Morgan fingerprint density at radius 3 is 1.75 bits per heavy atom. The van der Waals surface area contributed by atoms with Gasteiger partial charge in [-0.3, -0.25) is 4.79 Å². The largest absolute Gasteiger partial charge is 0.519 e. The topological polar surface area (TPSA) is 26.3 Å². The number of rotatable bonds is 5. The van der Waals surface area contributed by atoms with E-state index in [1.165, 1.54) is 0 Å². The number of hydrogen-bond donors (Lipinski definition) is 0. The van der Waals surface area contributed by atoms with Crippen LogP contribution in [0, 0.1) is 0 Å². The first-order valence-corrected chi connectivity index (χ1v) is 15.1. The maximum atomic E-state index is 12.1. The minimum absolute atomic E-state index is 0.0113. The average Bonchev–Trinajstić information content (AvgIpc) is 2.12. The van der Waals surface area contributed by atoms with Gasteiger partial charge in [0.1, 0.15) is 7.22 Å². The van der Waals surface area contributed by atoms with E-state index in [0.29, 0.717) is 11.5 Å². The van der Waals surface area contributed by atoms with Crippen molar-refractivity contribution in [2.75, 3.05) is 5.75 Å². The van der Waals surface area contributed by atoms with Crippen molar-refractivity contribution in [1.82, 2.24) is 0 Å². The van der Waals surface area contributed by atoms with Crippen LogP contribution in [-0.2, 0) is 9.22 Å². The van der Waals surface area contributed by atoms with Crippen LogP contribution >= 0.6 is 11.2 Å². The first-order valence-electron chi connectivity index (χ1n) is 7.46. The Balaban J connectivity index is 4.34. The highest BCUT2D eigenvalue weighted by Gasteiger charge is 2.40. The van der Waals surface area contributed by atoms with Gasteiger partial charge in [0.25, 0.3) is 14.3 Å². The fourth-order valence-corrected chi connectivity index (χ4v) is 6.42. The van der Waals surface area contributed by atoms with Crippen LogP contribution in [0.15, 0.2) is 0 Å². The fourth-order valence-electron chi connectivity index (χ4n) is 1.09. The summed E-state index contributed by atoms with van der Waals surface area (Å²) in [7, 11) is -3.29. The molecule has 0 saturated heterocycles. The van der Waals surface area contributed by atoms with Gasteiger partial charge < -0.3 is 4.43 Å². The van der Waals surface area contributed by atoms with E-state index in [2.05, 4.69) is 67.7 Å². The lowest BCUT2D eigenvalue weighted by Crippen LogP contribution is -2.42. The molecular formula is C15H34O2SSi2. The fraction of sp³-hybridized carbons (Fsp3) is 0.933. The molecule has 20 heavy (non-hydrogen) atoms. The molecular weight excluding hydrogens is 300 g/mol. The van der Waals surface area contributed by atoms with Crippen LogP contribution in [0.3, 0.4) is 0 Å². The van der Waals surface area contributed by atoms with Crippen molar-refractivity contribution in [3.8, 4) is 0 Å². The third-order valence-corrected chi connectivity index (χ3v) is 18.5. The van der Waals surface area contributed by atoms with Crippen LogP contribution in [0.2, 0.25) is 36.3 Å². The van der Waals surface area contributed by atoms with Gasteiger partial charge in [-0.05, 0) is 28.9 Å². The molecule has 0 saturated carbocycles. The van der Waals surface area contributed by atoms with Crippen LogP contribution in [0.25, 0.3) is 0 Å². The van der Waals surface area contributed by atoms with E-state index < -0.39 is 15.5 Å². The molecule has 0 rings (SSSR count). The summed E-state index contributed by atoms with van der Waals surface area (Å²) in [6.07, 6.45) is 0.545. The molecule has 0 aliphatic heterocycles. The Kier molecular flexibility index (Phi) is 6.65. The molecule has 0 bridgehead atoms.